The van der Waals surface area contributed by atoms with E-state index in [1.54, 1.807) is 30.3 Å². The van der Waals surface area contributed by atoms with E-state index in [2.05, 4.69) is 31.9 Å². The highest BCUT2D eigenvalue weighted by molar-refractivity contribution is 5.97. The summed E-state index contributed by atoms with van der Waals surface area (Å²) in [4.78, 5) is 96.7. The van der Waals surface area contributed by atoms with Gasteiger partial charge in [-0.2, -0.15) is 0 Å². The number of nitrogens with zero attached hydrogens (tertiary/aromatic N) is 1. The summed E-state index contributed by atoms with van der Waals surface area (Å²) >= 11 is 0. The maximum Gasteiger partial charge on any atom is 0.246 e. The number of hydrogen-bond acceptors (Lipinski definition) is 9. The molecule has 9 atom stereocenters. The summed E-state index contributed by atoms with van der Waals surface area (Å²) in [5.74, 6) is -4.94. The molecule has 16 heteroatoms. The van der Waals surface area contributed by atoms with Gasteiger partial charge in [-0.1, -0.05) is 50.6 Å². The molecule has 52 heavy (non-hydrogen) atoms. The van der Waals surface area contributed by atoms with Crippen LogP contribution in [0.5, 0.6) is 0 Å². The summed E-state index contributed by atoms with van der Waals surface area (Å²) < 4.78 is 4.93. The van der Waals surface area contributed by atoms with Gasteiger partial charge in [0.1, 0.15) is 36.8 Å². The smallest absolute Gasteiger partial charge is 0.246 e. The molecule has 0 spiro atoms. The van der Waals surface area contributed by atoms with Gasteiger partial charge in [-0.15, -0.1) is 0 Å². The average Bonchev–Trinajstić information content (AvgIpc) is 3.73. The van der Waals surface area contributed by atoms with Gasteiger partial charge < -0.3 is 46.6 Å². The molecule has 3 fully saturated rings. The number of fused-ring (bicyclic) bond motifs is 2. The van der Waals surface area contributed by atoms with Crippen LogP contribution in [-0.2, 0) is 44.7 Å². The average molecular weight is 728 g/mol. The normalized spacial score (nSPS) is 30.0. The molecule has 2 aliphatic heterocycles. The van der Waals surface area contributed by atoms with Crippen LogP contribution >= 0.6 is 0 Å². The third kappa shape index (κ3) is 10.5. The Labute approximate surface area is 303 Å². The van der Waals surface area contributed by atoms with E-state index in [0.717, 1.165) is 0 Å². The fourth-order valence-corrected chi connectivity index (χ4v) is 7.11. The Bertz CT molecular complexity index is 1470. The Balaban J connectivity index is 1.74. The molecule has 0 radical (unpaired) electrons. The van der Waals surface area contributed by atoms with Crippen molar-refractivity contribution in [2.45, 2.75) is 115 Å². The van der Waals surface area contributed by atoms with E-state index in [1.807, 2.05) is 13.8 Å². The van der Waals surface area contributed by atoms with Crippen molar-refractivity contribution in [1.29, 1.82) is 0 Å². The number of hydrogen-bond donors (Lipinski definition) is 7. The Kier molecular flexibility index (Phi) is 14.1. The van der Waals surface area contributed by atoms with E-state index in [1.165, 1.54) is 25.9 Å². The molecule has 7 amide bonds. The third-order valence-corrected chi connectivity index (χ3v) is 9.76. The predicted molar refractivity (Wildman–Crippen MR) is 188 cm³/mol. The van der Waals surface area contributed by atoms with Crippen LogP contribution in [0.3, 0.4) is 0 Å². The zero-order chi connectivity index (χ0) is 38.1. The van der Waals surface area contributed by atoms with Gasteiger partial charge in [0, 0.05) is 32.2 Å². The summed E-state index contributed by atoms with van der Waals surface area (Å²) in [6.07, 6.45) is 0.451. The predicted octanol–water partition coefficient (Wildman–Crippen LogP) is -1.35. The number of carbonyl (C=O) groups excluding carboxylic acids is 7. The molecule has 2 heterocycles. The summed E-state index contributed by atoms with van der Waals surface area (Å²) in [6, 6.07) is 1.60. The van der Waals surface area contributed by atoms with Gasteiger partial charge >= 0.3 is 0 Å². The molecule has 7 N–H and O–H groups in total. The van der Waals surface area contributed by atoms with Crippen LogP contribution in [0, 0.1) is 11.8 Å². The minimum atomic E-state index is -1.51. The van der Waals surface area contributed by atoms with Gasteiger partial charge in [0.2, 0.25) is 41.4 Å². The summed E-state index contributed by atoms with van der Waals surface area (Å²) in [5.41, 5.74) is 0.679. The Morgan fingerprint density at radius 3 is 2.23 bits per heavy atom. The molecule has 16 nitrogen and oxygen atoms in total. The van der Waals surface area contributed by atoms with Crippen LogP contribution in [0.1, 0.15) is 65.4 Å². The van der Waals surface area contributed by atoms with Crippen LogP contribution in [0.25, 0.3) is 0 Å². The van der Waals surface area contributed by atoms with E-state index in [9.17, 15) is 38.7 Å². The number of amides is 7. The number of aliphatic hydroxyl groups excluding tert-OH is 1. The topological polar surface area (TPSA) is 224 Å². The second-order valence-electron chi connectivity index (χ2n) is 14.5. The van der Waals surface area contributed by atoms with Crippen molar-refractivity contribution in [3.8, 4) is 0 Å². The first kappa shape index (κ1) is 40.2. The summed E-state index contributed by atoms with van der Waals surface area (Å²) in [7, 11) is 1.36. The lowest BCUT2D eigenvalue weighted by atomic mass is 9.98. The number of methoxy groups -OCH3 is 1. The summed E-state index contributed by atoms with van der Waals surface area (Å²) in [6.45, 7) is 6.25. The second kappa shape index (κ2) is 18.3. The Hall–Kier alpha value is -4.57. The molecule has 4 rings (SSSR count). The molecule has 3 aliphatic rings. The number of aliphatic hydroxyl groups is 1. The van der Waals surface area contributed by atoms with E-state index < -0.39 is 95.7 Å². The molecule has 0 bridgehead atoms. The van der Waals surface area contributed by atoms with Crippen molar-refractivity contribution in [3.63, 3.8) is 0 Å². The number of benzene rings is 1. The number of carbonyl (C=O) groups is 7. The van der Waals surface area contributed by atoms with Gasteiger partial charge in [0.25, 0.3) is 0 Å². The van der Waals surface area contributed by atoms with Gasteiger partial charge in [0.05, 0.1) is 12.0 Å². The first-order chi connectivity index (χ1) is 24.7. The highest BCUT2D eigenvalue weighted by atomic mass is 16.5. The van der Waals surface area contributed by atoms with E-state index in [-0.39, 0.29) is 38.3 Å². The highest BCUT2D eigenvalue weighted by Crippen LogP contribution is 2.27. The Morgan fingerprint density at radius 1 is 0.885 bits per heavy atom. The number of ether oxygens (including phenoxy) is 1. The maximum atomic E-state index is 14.5. The van der Waals surface area contributed by atoms with E-state index in [4.69, 9.17) is 4.74 Å². The van der Waals surface area contributed by atoms with E-state index in [0.29, 0.717) is 24.8 Å². The minimum absolute atomic E-state index is 0.00888. The van der Waals surface area contributed by atoms with Crippen molar-refractivity contribution in [2.75, 3.05) is 20.3 Å². The maximum absolute atomic E-state index is 14.5. The van der Waals surface area contributed by atoms with E-state index >= 15 is 0 Å². The second-order valence-corrected chi connectivity index (χ2v) is 14.5. The molecule has 2 saturated heterocycles. The molecule has 286 valence electrons. The van der Waals surface area contributed by atoms with Crippen LogP contribution in [0.4, 0.5) is 0 Å². The minimum Gasteiger partial charge on any atom is -0.391 e. The SMILES string of the molecule is COCC(=O)N[C@@H]1CC2C(=O)N[C@@H](C)C(=O)N[C@@H]3CCC[C@H]3C(=O)N[C@@H](CC(C)C)C(=O)N[C@@H]([C@@H](C)O)C(=O)N[C@@H](Cc3ccccc3)C(=O)N2C1. The standard InChI is InChI=1S/C36H53N7O9/c1-19(2)14-26-33(48)42-30(21(4)44)35(50)41-27(15-22-10-7-6-8-11-22)36(51)43-17-23(38-29(45)18-52-5)16-28(43)34(49)37-20(3)31(46)39-25-13-9-12-24(25)32(47)40-26/h6-8,10-11,19-21,23-28,30,44H,9,12-18H2,1-5H3,(H,37,49)(H,38,45)(H,39,46)(H,40,47)(H,41,50)(H,42,48)/t20-,21+,23+,24+,25+,26-,27-,28?,30-/m0/s1. The lowest BCUT2D eigenvalue weighted by molar-refractivity contribution is -0.143. The quantitative estimate of drug-likeness (QED) is 0.168. The molecule has 1 aromatic rings. The first-order valence-electron chi connectivity index (χ1n) is 18.0. The van der Waals surface area contributed by atoms with Crippen molar-refractivity contribution in [1.82, 2.24) is 36.8 Å². The van der Waals surface area contributed by atoms with Crippen molar-refractivity contribution in [2.24, 2.45) is 11.8 Å². The summed E-state index contributed by atoms with van der Waals surface area (Å²) in [5, 5.41) is 27.2. The molecule has 0 aromatic heterocycles. The highest BCUT2D eigenvalue weighted by Gasteiger charge is 2.44. The van der Waals surface area contributed by atoms with Gasteiger partial charge in [0.15, 0.2) is 0 Å². The Morgan fingerprint density at radius 2 is 1.58 bits per heavy atom. The van der Waals surface area contributed by atoms with Crippen molar-refractivity contribution in [3.05, 3.63) is 35.9 Å². The van der Waals surface area contributed by atoms with Crippen LogP contribution < -0.4 is 31.9 Å². The van der Waals surface area contributed by atoms with Crippen molar-refractivity contribution < 1.29 is 43.4 Å². The first-order valence-corrected chi connectivity index (χ1v) is 18.0. The fourth-order valence-electron chi connectivity index (χ4n) is 7.11. The molecular formula is C36H53N7O9. The fraction of sp³-hybridized carbons (Fsp3) is 0.639. The molecule has 1 aromatic carbocycles. The lowest BCUT2D eigenvalue weighted by Gasteiger charge is -2.31. The van der Waals surface area contributed by atoms with Crippen LogP contribution in [0.2, 0.25) is 0 Å². The third-order valence-electron chi connectivity index (χ3n) is 9.76. The zero-order valence-electron chi connectivity index (χ0n) is 30.5. The monoisotopic (exact) mass is 727 g/mol. The largest absolute Gasteiger partial charge is 0.391 e. The molecule has 1 saturated carbocycles. The molecular weight excluding hydrogens is 674 g/mol. The zero-order valence-corrected chi connectivity index (χ0v) is 30.5. The number of nitrogens with one attached hydrogen (secondary N) is 6. The van der Waals surface area contributed by atoms with Gasteiger partial charge in [-0.3, -0.25) is 33.6 Å². The number of rotatable bonds is 8. The molecule has 1 aliphatic carbocycles. The van der Waals surface area contributed by atoms with Crippen LogP contribution in [-0.4, -0.2) is 120 Å². The van der Waals surface area contributed by atoms with Gasteiger partial charge in [-0.25, -0.2) is 0 Å². The van der Waals surface area contributed by atoms with Crippen molar-refractivity contribution >= 4 is 41.4 Å². The molecule has 1 unspecified atom stereocenters. The lowest BCUT2D eigenvalue weighted by Crippen LogP contribution is -2.61. The van der Waals surface area contributed by atoms with Gasteiger partial charge in [-0.05, 0) is 51.0 Å². The van der Waals surface area contributed by atoms with Crippen LogP contribution in [0.15, 0.2) is 30.3 Å².